The molecule has 1 aliphatic heterocycles. The minimum absolute atomic E-state index is 0.372. The highest BCUT2D eigenvalue weighted by atomic mass is 16.3. The van der Waals surface area contributed by atoms with Crippen LogP contribution in [0.5, 0.6) is 0 Å². The van der Waals surface area contributed by atoms with E-state index in [0.717, 1.165) is 6.08 Å². The number of primary amides is 1. The quantitative estimate of drug-likeness (QED) is 0.400. The number of carbonyl (C=O) groups excluding carboxylic acids is 2. The maximum atomic E-state index is 11.4. The van der Waals surface area contributed by atoms with Gasteiger partial charge in [0.2, 0.25) is 5.91 Å². The van der Waals surface area contributed by atoms with E-state index in [2.05, 4.69) is 0 Å². The average molecular weight is 214 g/mol. The second-order valence-corrected chi connectivity index (χ2v) is 3.45. The Balaban J connectivity index is 2.54. The molecule has 0 atom stereocenters. The van der Waals surface area contributed by atoms with Crippen LogP contribution in [0, 0.1) is 0 Å². The van der Waals surface area contributed by atoms with Gasteiger partial charge in [-0.15, -0.1) is 0 Å². The van der Waals surface area contributed by atoms with Gasteiger partial charge in [-0.2, -0.15) is 0 Å². The molecule has 2 amide bonds. The molecule has 0 aromatic heterocycles. The van der Waals surface area contributed by atoms with Crippen LogP contribution in [0.25, 0.3) is 0 Å². The van der Waals surface area contributed by atoms with Crippen LogP contribution in [0.3, 0.4) is 0 Å². The first-order chi connectivity index (χ1) is 7.00. The number of aliphatic hydroxyl groups is 2. The van der Waals surface area contributed by atoms with E-state index < -0.39 is 17.6 Å². The molecule has 0 aromatic carbocycles. The lowest BCUT2D eigenvalue weighted by Crippen LogP contribution is -2.39. The van der Waals surface area contributed by atoms with Crippen molar-refractivity contribution in [2.75, 3.05) is 13.1 Å². The predicted octanol–water partition coefficient (Wildman–Crippen LogP) is -1.10. The average Bonchev–Trinajstić information content (AvgIpc) is 2.18. The minimum atomic E-state index is -1.03. The zero-order chi connectivity index (χ0) is 11.4. The van der Waals surface area contributed by atoms with Crippen molar-refractivity contribution < 1.29 is 19.8 Å². The van der Waals surface area contributed by atoms with Gasteiger partial charge >= 0.3 is 0 Å². The number of carbonyl (C=O) groups is 2. The van der Waals surface area contributed by atoms with E-state index in [4.69, 9.17) is 10.8 Å². The van der Waals surface area contributed by atoms with Crippen molar-refractivity contribution in [3.63, 3.8) is 0 Å². The molecule has 0 aliphatic carbocycles. The first-order valence-electron chi connectivity index (χ1n) is 4.68. The second kappa shape index (κ2) is 4.79. The van der Waals surface area contributed by atoms with Crippen molar-refractivity contribution in [2.24, 2.45) is 5.73 Å². The van der Waals surface area contributed by atoms with Gasteiger partial charge in [0.1, 0.15) is 0 Å². The maximum absolute atomic E-state index is 11.4. The summed E-state index contributed by atoms with van der Waals surface area (Å²) in [4.78, 5) is 23.3. The van der Waals surface area contributed by atoms with Crippen molar-refractivity contribution in [1.29, 1.82) is 0 Å². The van der Waals surface area contributed by atoms with Gasteiger partial charge in [0.05, 0.1) is 12.2 Å². The van der Waals surface area contributed by atoms with Crippen molar-refractivity contribution in [3.8, 4) is 0 Å². The summed E-state index contributed by atoms with van der Waals surface area (Å²) in [6, 6.07) is 0. The van der Waals surface area contributed by atoms with Crippen molar-refractivity contribution in [1.82, 2.24) is 4.90 Å². The second-order valence-electron chi connectivity index (χ2n) is 3.45. The predicted molar refractivity (Wildman–Crippen MR) is 51.7 cm³/mol. The smallest absolute Gasteiger partial charge is 0.283 e. The SMILES string of the molecule is NC(=O)C(O)=CC(=O)N1CCC(O)CC1. The van der Waals surface area contributed by atoms with Crippen molar-refractivity contribution in [3.05, 3.63) is 11.8 Å². The number of aliphatic hydroxyl groups excluding tert-OH is 2. The van der Waals surface area contributed by atoms with Crippen LogP contribution in [0.4, 0.5) is 0 Å². The fourth-order valence-corrected chi connectivity index (χ4v) is 1.37. The first kappa shape index (κ1) is 11.5. The van der Waals surface area contributed by atoms with Gasteiger partial charge < -0.3 is 20.8 Å². The number of likely N-dealkylation sites (tertiary alicyclic amines) is 1. The molecule has 4 N–H and O–H groups in total. The molecule has 0 radical (unpaired) electrons. The molecular weight excluding hydrogens is 200 g/mol. The van der Waals surface area contributed by atoms with Gasteiger partial charge in [0.15, 0.2) is 5.76 Å². The number of hydrogen-bond acceptors (Lipinski definition) is 4. The normalized spacial score (nSPS) is 19.0. The lowest BCUT2D eigenvalue weighted by molar-refractivity contribution is -0.128. The molecule has 1 saturated heterocycles. The third-order valence-electron chi connectivity index (χ3n) is 2.29. The van der Waals surface area contributed by atoms with E-state index in [1.54, 1.807) is 0 Å². The fourth-order valence-electron chi connectivity index (χ4n) is 1.37. The Bertz CT molecular complexity index is 292. The number of nitrogens with zero attached hydrogens (tertiary/aromatic N) is 1. The first-order valence-corrected chi connectivity index (χ1v) is 4.68. The third kappa shape index (κ3) is 3.25. The standard InChI is InChI=1S/C9H14N2O4/c10-9(15)7(13)5-8(14)11-3-1-6(12)2-4-11/h5-6,12-13H,1-4H2,(H2,10,15). The van der Waals surface area contributed by atoms with E-state index >= 15 is 0 Å². The molecule has 0 aromatic rings. The molecule has 1 aliphatic rings. The summed E-state index contributed by atoms with van der Waals surface area (Å²) in [5.74, 6) is -2.23. The summed E-state index contributed by atoms with van der Waals surface area (Å²) in [7, 11) is 0. The molecule has 1 rings (SSSR count). The highest BCUT2D eigenvalue weighted by Crippen LogP contribution is 2.10. The highest BCUT2D eigenvalue weighted by molar-refractivity contribution is 5.98. The monoisotopic (exact) mass is 214 g/mol. The molecule has 0 spiro atoms. The topological polar surface area (TPSA) is 104 Å². The summed E-state index contributed by atoms with van der Waals surface area (Å²) >= 11 is 0. The Hall–Kier alpha value is -1.56. The van der Waals surface area contributed by atoms with Crippen LogP contribution in [0.2, 0.25) is 0 Å². The molecular formula is C9H14N2O4. The maximum Gasteiger partial charge on any atom is 0.283 e. The molecule has 6 heteroatoms. The molecule has 1 fully saturated rings. The van der Waals surface area contributed by atoms with Gasteiger partial charge in [-0.1, -0.05) is 0 Å². The minimum Gasteiger partial charge on any atom is -0.503 e. The number of piperidine rings is 1. The lowest BCUT2D eigenvalue weighted by atomic mass is 10.1. The summed E-state index contributed by atoms with van der Waals surface area (Å²) < 4.78 is 0. The van der Waals surface area contributed by atoms with E-state index in [1.807, 2.05) is 0 Å². The van der Waals surface area contributed by atoms with Crippen LogP contribution < -0.4 is 5.73 Å². The molecule has 6 nitrogen and oxygen atoms in total. The number of nitrogens with two attached hydrogens (primary N) is 1. The summed E-state index contributed by atoms with van der Waals surface area (Å²) in [6.07, 6.45) is 1.45. The zero-order valence-electron chi connectivity index (χ0n) is 8.22. The van der Waals surface area contributed by atoms with Crippen LogP contribution in [0.1, 0.15) is 12.8 Å². The zero-order valence-corrected chi connectivity index (χ0v) is 8.22. The van der Waals surface area contributed by atoms with Crippen LogP contribution in [-0.2, 0) is 9.59 Å². The van der Waals surface area contributed by atoms with Crippen LogP contribution in [-0.4, -0.2) is 46.1 Å². The Labute approximate surface area is 87.0 Å². The van der Waals surface area contributed by atoms with Gasteiger partial charge in [0, 0.05) is 13.1 Å². The van der Waals surface area contributed by atoms with Crippen LogP contribution >= 0.6 is 0 Å². The Morgan fingerprint density at radius 3 is 2.33 bits per heavy atom. The van der Waals surface area contributed by atoms with Gasteiger partial charge in [-0.05, 0) is 12.8 Å². The highest BCUT2D eigenvalue weighted by Gasteiger charge is 2.20. The van der Waals surface area contributed by atoms with Crippen molar-refractivity contribution in [2.45, 2.75) is 18.9 Å². The Morgan fingerprint density at radius 2 is 1.87 bits per heavy atom. The molecule has 0 unspecified atom stereocenters. The van der Waals surface area contributed by atoms with Crippen molar-refractivity contribution >= 4 is 11.8 Å². The molecule has 0 saturated carbocycles. The Morgan fingerprint density at radius 1 is 1.33 bits per heavy atom. The van der Waals surface area contributed by atoms with E-state index in [0.29, 0.717) is 25.9 Å². The Kier molecular flexibility index (Phi) is 3.68. The summed E-state index contributed by atoms with van der Waals surface area (Å²) in [6.45, 7) is 0.838. The van der Waals surface area contributed by atoms with Gasteiger partial charge in [-0.3, -0.25) is 9.59 Å². The fraction of sp³-hybridized carbons (Fsp3) is 0.556. The van der Waals surface area contributed by atoms with E-state index in [1.165, 1.54) is 4.90 Å². The summed E-state index contributed by atoms with van der Waals surface area (Å²) in [5, 5.41) is 18.2. The number of rotatable bonds is 2. The molecule has 84 valence electrons. The molecule has 15 heavy (non-hydrogen) atoms. The summed E-state index contributed by atoms with van der Waals surface area (Å²) in [5.41, 5.74) is 4.77. The van der Waals surface area contributed by atoms with E-state index in [-0.39, 0.29) is 6.10 Å². The number of amides is 2. The van der Waals surface area contributed by atoms with Crippen LogP contribution in [0.15, 0.2) is 11.8 Å². The van der Waals surface area contributed by atoms with E-state index in [9.17, 15) is 14.7 Å². The lowest BCUT2D eigenvalue weighted by Gasteiger charge is -2.28. The van der Waals surface area contributed by atoms with Gasteiger partial charge in [-0.25, -0.2) is 0 Å². The number of hydrogen-bond donors (Lipinski definition) is 3. The molecule has 0 bridgehead atoms. The van der Waals surface area contributed by atoms with Gasteiger partial charge in [0.25, 0.3) is 5.91 Å². The largest absolute Gasteiger partial charge is 0.503 e. The third-order valence-corrected chi connectivity index (χ3v) is 2.29. The molecule has 1 heterocycles.